The number of nitrogens with one attached hydrogen (secondary N) is 1. The van der Waals surface area contributed by atoms with Gasteiger partial charge >= 0.3 is 0 Å². The summed E-state index contributed by atoms with van der Waals surface area (Å²) < 4.78 is 1.18. The maximum atomic E-state index is 3.59. The van der Waals surface area contributed by atoms with Crippen molar-refractivity contribution in [3.8, 4) is 11.8 Å². The van der Waals surface area contributed by atoms with Gasteiger partial charge in [0.25, 0.3) is 0 Å². The van der Waals surface area contributed by atoms with E-state index < -0.39 is 0 Å². The minimum absolute atomic E-state index is 0.401. The fourth-order valence-corrected chi connectivity index (χ4v) is 2.34. The SMILES string of the molecule is CC#CCCC(NCC)c1cccc(Br)c1C. The summed E-state index contributed by atoms with van der Waals surface area (Å²) in [6.07, 6.45) is 2.01. The van der Waals surface area contributed by atoms with Gasteiger partial charge in [-0.15, -0.1) is 11.8 Å². The first-order valence-corrected chi connectivity index (χ1v) is 6.88. The second-order valence-electron chi connectivity index (χ2n) is 4.03. The number of halogens is 1. The van der Waals surface area contributed by atoms with Gasteiger partial charge in [0.05, 0.1) is 0 Å². The Morgan fingerprint density at radius 3 is 2.82 bits per heavy atom. The summed E-state index contributed by atoms with van der Waals surface area (Å²) >= 11 is 3.59. The Kier molecular flexibility index (Phi) is 6.32. The molecule has 0 bridgehead atoms. The summed E-state index contributed by atoms with van der Waals surface area (Å²) in [6.45, 7) is 7.18. The number of benzene rings is 1. The molecule has 1 aromatic carbocycles. The van der Waals surface area contributed by atoms with Crippen molar-refractivity contribution in [3.05, 3.63) is 33.8 Å². The normalized spacial score (nSPS) is 11.8. The van der Waals surface area contributed by atoms with E-state index in [-0.39, 0.29) is 0 Å². The summed E-state index contributed by atoms with van der Waals surface area (Å²) in [5.41, 5.74) is 2.70. The predicted molar refractivity (Wildman–Crippen MR) is 78.0 cm³/mol. The molecule has 1 aromatic rings. The Labute approximate surface area is 113 Å². The lowest BCUT2D eigenvalue weighted by Crippen LogP contribution is -2.21. The van der Waals surface area contributed by atoms with Crippen molar-refractivity contribution in [1.29, 1.82) is 0 Å². The van der Waals surface area contributed by atoms with Gasteiger partial charge in [0.1, 0.15) is 0 Å². The van der Waals surface area contributed by atoms with Crippen LogP contribution in [0.2, 0.25) is 0 Å². The first-order chi connectivity index (χ1) is 8.20. The molecular weight excluding hydrogens is 274 g/mol. The van der Waals surface area contributed by atoms with E-state index in [2.05, 4.69) is 65.1 Å². The van der Waals surface area contributed by atoms with Crippen molar-refractivity contribution >= 4 is 15.9 Å². The molecule has 0 aliphatic carbocycles. The summed E-state index contributed by atoms with van der Waals surface area (Å²) in [4.78, 5) is 0. The molecule has 0 saturated heterocycles. The summed E-state index contributed by atoms with van der Waals surface area (Å²) in [7, 11) is 0. The van der Waals surface area contributed by atoms with Crippen LogP contribution in [0.4, 0.5) is 0 Å². The minimum atomic E-state index is 0.401. The van der Waals surface area contributed by atoms with Gasteiger partial charge in [0.15, 0.2) is 0 Å². The fraction of sp³-hybridized carbons (Fsp3) is 0.467. The molecule has 0 fully saturated rings. The first kappa shape index (κ1) is 14.3. The van der Waals surface area contributed by atoms with Crippen LogP contribution in [0.5, 0.6) is 0 Å². The molecule has 1 nitrogen and oxygen atoms in total. The van der Waals surface area contributed by atoms with E-state index in [0.717, 1.165) is 19.4 Å². The molecule has 0 heterocycles. The Balaban J connectivity index is 2.87. The molecule has 0 saturated carbocycles. The van der Waals surface area contributed by atoms with Gasteiger partial charge in [-0.3, -0.25) is 0 Å². The van der Waals surface area contributed by atoms with Crippen molar-refractivity contribution in [3.63, 3.8) is 0 Å². The highest BCUT2D eigenvalue weighted by Crippen LogP contribution is 2.27. The van der Waals surface area contributed by atoms with E-state index in [4.69, 9.17) is 0 Å². The van der Waals surface area contributed by atoms with E-state index >= 15 is 0 Å². The van der Waals surface area contributed by atoms with E-state index in [1.165, 1.54) is 15.6 Å². The standard InChI is InChI=1S/C15H20BrN/c1-4-6-7-11-15(17-5-2)13-9-8-10-14(16)12(13)3/h8-10,15,17H,5,7,11H2,1-3H3. The van der Waals surface area contributed by atoms with Crippen LogP contribution in [0.3, 0.4) is 0 Å². The summed E-state index contributed by atoms with van der Waals surface area (Å²) in [5, 5.41) is 3.54. The Hall–Kier alpha value is -0.780. The van der Waals surface area contributed by atoms with E-state index in [1.54, 1.807) is 0 Å². The molecule has 0 aromatic heterocycles. The van der Waals surface area contributed by atoms with Gasteiger partial charge in [-0.05, 0) is 44.0 Å². The average Bonchev–Trinajstić information content (AvgIpc) is 2.32. The molecule has 0 radical (unpaired) electrons. The molecule has 17 heavy (non-hydrogen) atoms. The van der Waals surface area contributed by atoms with Crippen LogP contribution in [-0.2, 0) is 0 Å². The molecule has 0 spiro atoms. The Bertz CT molecular complexity index is 415. The number of hydrogen-bond acceptors (Lipinski definition) is 1. The molecule has 0 aliphatic rings. The van der Waals surface area contributed by atoms with Crippen LogP contribution in [-0.4, -0.2) is 6.54 Å². The largest absolute Gasteiger partial charge is 0.310 e. The van der Waals surface area contributed by atoms with Crippen LogP contribution in [0.15, 0.2) is 22.7 Å². The zero-order valence-electron chi connectivity index (χ0n) is 10.8. The first-order valence-electron chi connectivity index (χ1n) is 6.08. The Morgan fingerprint density at radius 1 is 1.41 bits per heavy atom. The van der Waals surface area contributed by atoms with Crippen molar-refractivity contribution in [1.82, 2.24) is 5.32 Å². The second kappa shape index (κ2) is 7.53. The highest BCUT2D eigenvalue weighted by atomic mass is 79.9. The van der Waals surface area contributed by atoms with Gasteiger partial charge in [-0.1, -0.05) is 35.0 Å². The molecule has 1 unspecified atom stereocenters. The third-order valence-electron chi connectivity index (χ3n) is 2.87. The van der Waals surface area contributed by atoms with Gasteiger partial charge in [0.2, 0.25) is 0 Å². The van der Waals surface area contributed by atoms with Crippen LogP contribution >= 0.6 is 15.9 Å². The topological polar surface area (TPSA) is 12.0 Å². The lowest BCUT2D eigenvalue weighted by molar-refractivity contribution is 0.520. The van der Waals surface area contributed by atoms with Crippen LogP contribution in [0.1, 0.15) is 43.9 Å². The lowest BCUT2D eigenvalue weighted by atomic mass is 9.97. The molecule has 1 atom stereocenters. The maximum Gasteiger partial charge on any atom is 0.0332 e. The summed E-state index contributed by atoms with van der Waals surface area (Å²) in [5.74, 6) is 6.09. The molecule has 0 amide bonds. The van der Waals surface area contributed by atoms with E-state index in [9.17, 15) is 0 Å². The van der Waals surface area contributed by atoms with Crippen LogP contribution < -0.4 is 5.32 Å². The average molecular weight is 294 g/mol. The van der Waals surface area contributed by atoms with Gasteiger partial charge < -0.3 is 5.32 Å². The van der Waals surface area contributed by atoms with E-state index in [1.807, 2.05) is 6.92 Å². The third-order valence-corrected chi connectivity index (χ3v) is 3.73. The predicted octanol–water partition coefficient (Wildman–Crippen LogP) is 4.21. The zero-order valence-corrected chi connectivity index (χ0v) is 12.4. The highest BCUT2D eigenvalue weighted by molar-refractivity contribution is 9.10. The third kappa shape index (κ3) is 4.18. The zero-order chi connectivity index (χ0) is 12.7. The fourth-order valence-electron chi connectivity index (χ4n) is 1.96. The van der Waals surface area contributed by atoms with Gasteiger partial charge in [-0.25, -0.2) is 0 Å². The van der Waals surface area contributed by atoms with Crippen molar-refractivity contribution in [2.75, 3.05) is 6.54 Å². The molecule has 2 heteroatoms. The van der Waals surface area contributed by atoms with Crippen LogP contribution in [0, 0.1) is 18.8 Å². The number of hydrogen-bond donors (Lipinski definition) is 1. The second-order valence-corrected chi connectivity index (χ2v) is 4.88. The minimum Gasteiger partial charge on any atom is -0.310 e. The molecule has 92 valence electrons. The lowest BCUT2D eigenvalue weighted by Gasteiger charge is -2.20. The smallest absolute Gasteiger partial charge is 0.0332 e. The molecule has 1 N–H and O–H groups in total. The molecular formula is C15H20BrN. The molecule has 1 rings (SSSR count). The van der Waals surface area contributed by atoms with Crippen molar-refractivity contribution in [2.24, 2.45) is 0 Å². The van der Waals surface area contributed by atoms with Crippen molar-refractivity contribution in [2.45, 2.75) is 39.7 Å². The van der Waals surface area contributed by atoms with Crippen LogP contribution in [0.25, 0.3) is 0 Å². The van der Waals surface area contributed by atoms with Gasteiger partial charge in [0, 0.05) is 16.9 Å². The molecule has 0 aliphatic heterocycles. The monoisotopic (exact) mass is 293 g/mol. The Morgan fingerprint density at radius 2 is 2.18 bits per heavy atom. The maximum absolute atomic E-state index is 3.59. The number of rotatable bonds is 5. The van der Waals surface area contributed by atoms with Gasteiger partial charge in [-0.2, -0.15) is 0 Å². The van der Waals surface area contributed by atoms with E-state index in [0.29, 0.717) is 6.04 Å². The summed E-state index contributed by atoms with van der Waals surface area (Å²) in [6, 6.07) is 6.79. The quantitative estimate of drug-likeness (QED) is 0.802. The van der Waals surface area contributed by atoms with Crippen molar-refractivity contribution < 1.29 is 0 Å². The highest BCUT2D eigenvalue weighted by Gasteiger charge is 2.12.